The summed E-state index contributed by atoms with van der Waals surface area (Å²) in [7, 11) is 1.16. The summed E-state index contributed by atoms with van der Waals surface area (Å²) in [5.74, 6) is -1.88. The van der Waals surface area contributed by atoms with Gasteiger partial charge in [0.1, 0.15) is 5.76 Å². The number of methoxy groups -OCH3 is 1. The van der Waals surface area contributed by atoms with Crippen LogP contribution in [0.25, 0.3) is 0 Å². The molecule has 1 aromatic heterocycles. The molecule has 1 aliphatic carbocycles. The van der Waals surface area contributed by atoms with Gasteiger partial charge in [-0.25, -0.2) is 4.79 Å². The number of carbonyl (C=O) groups is 2. The second kappa shape index (κ2) is 7.76. The molecular formula is C23H20F3NO4. The summed E-state index contributed by atoms with van der Waals surface area (Å²) < 4.78 is 51.8. The highest BCUT2D eigenvalue weighted by atomic mass is 19.4. The Balaban J connectivity index is 1.90. The summed E-state index contributed by atoms with van der Waals surface area (Å²) >= 11 is 0. The van der Waals surface area contributed by atoms with E-state index in [0.29, 0.717) is 23.6 Å². The Morgan fingerprint density at radius 3 is 2.55 bits per heavy atom. The monoisotopic (exact) mass is 431 g/mol. The van der Waals surface area contributed by atoms with Crippen molar-refractivity contribution in [2.45, 2.75) is 37.8 Å². The van der Waals surface area contributed by atoms with E-state index in [2.05, 4.69) is 5.32 Å². The molecular weight excluding hydrogens is 411 g/mol. The predicted octanol–water partition coefficient (Wildman–Crippen LogP) is 4.83. The van der Waals surface area contributed by atoms with Crippen LogP contribution in [0.3, 0.4) is 0 Å². The molecule has 0 bridgehead atoms. The lowest BCUT2D eigenvalue weighted by molar-refractivity contribution is -0.139. The molecule has 0 amide bonds. The molecule has 0 spiro atoms. The van der Waals surface area contributed by atoms with Crippen LogP contribution in [0.5, 0.6) is 0 Å². The quantitative estimate of drug-likeness (QED) is 0.705. The summed E-state index contributed by atoms with van der Waals surface area (Å²) in [5, 5.41) is 3.08. The minimum atomic E-state index is -4.65. The van der Waals surface area contributed by atoms with E-state index in [-0.39, 0.29) is 34.8 Å². The Hall–Kier alpha value is -3.29. The summed E-state index contributed by atoms with van der Waals surface area (Å²) in [4.78, 5) is 25.9. The number of allylic oxidation sites excluding steroid dienone is 3. The number of ether oxygens (including phenoxy) is 1. The Labute approximate surface area is 176 Å². The van der Waals surface area contributed by atoms with Gasteiger partial charge in [-0.15, -0.1) is 0 Å². The van der Waals surface area contributed by atoms with E-state index in [1.807, 2.05) is 0 Å². The number of Topliss-reactive ketones (excluding diaryl/α,β-unsaturated/α-hetero) is 1. The third-order valence-corrected chi connectivity index (χ3v) is 5.76. The number of hydrogen-bond donors (Lipinski definition) is 1. The largest absolute Gasteiger partial charge is 0.469 e. The molecule has 4 rings (SSSR count). The van der Waals surface area contributed by atoms with Crippen molar-refractivity contribution in [3.8, 4) is 0 Å². The molecule has 162 valence electrons. The lowest BCUT2D eigenvalue weighted by atomic mass is 9.71. The van der Waals surface area contributed by atoms with Gasteiger partial charge in [-0.1, -0.05) is 18.2 Å². The zero-order valence-corrected chi connectivity index (χ0v) is 16.9. The van der Waals surface area contributed by atoms with Crippen molar-refractivity contribution in [2.24, 2.45) is 0 Å². The summed E-state index contributed by atoms with van der Waals surface area (Å²) in [5.41, 5.74) is 0.0102. The van der Waals surface area contributed by atoms with Gasteiger partial charge >= 0.3 is 12.1 Å². The van der Waals surface area contributed by atoms with E-state index in [9.17, 15) is 22.8 Å². The molecule has 1 N–H and O–H groups in total. The normalized spacial score (nSPS) is 21.6. The van der Waals surface area contributed by atoms with Crippen molar-refractivity contribution in [1.82, 2.24) is 5.32 Å². The van der Waals surface area contributed by atoms with Crippen LogP contribution in [0.4, 0.5) is 13.2 Å². The minimum absolute atomic E-state index is 0.00255. The van der Waals surface area contributed by atoms with Crippen molar-refractivity contribution >= 4 is 11.8 Å². The first-order valence-electron chi connectivity index (χ1n) is 9.74. The third-order valence-electron chi connectivity index (χ3n) is 5.76. The predicted molar refractivity (Wildman–Crippen MR) is 105 cm³/mol. The lowest BCUT2D eigenvalue weighted by Gasteiger charge is -2.36. The van der Waals surface area contributed by atoms with E-state index in [4.69, 9.17) is 9.15 Å². The Kier molecular flexibility index (Phi) is 5.24. The maximum absolute atomic E-state index is 13.8. The van der Waals surface area contributed by atoms with Crippen molar-refractivity contribution in [3.05, 3.63) is 82.1 Å². The molecule has 5 nitrogen and oxygen atoms in total. The highest BCUT2D eigenvalue weighted by Gasteiger charge is 2.45. The van der Waals surface area contributed by atoms with Crippen molar-refractivity contribution < 1.29 is 31.9 Å². The van der Waals surface area contributed by atoms with Gasteiger partial charge in [0, 0.05) is 35.2 Å². The highest BCUT2D eigenvalue weighted by molar-refractivity contribution is 6.04. The topological polar surface area (TPSA) is 68.5 Å². The van der Waals surface area contributed by atoms with Gasteiger partial charge in [-0.3, -0.25) is 4.79 Å². The fourth-order valence-corrected chi connectivity index (χ4v) is 4.46. The third kappa shape index (κ3) is 3.66. The smallest absolute Gasteiger partial charge is 0.416 e. The number of ketones is 1. The Bertz CT molecular complexity index is 1100. The second-order valence-electron chi connectivity index (χ2n) is 7.61. The highest BCUT2D eigenvalue weighted by Crippen LogP contribution is 2.48. The average molecular weight is 431 g/mol. The molecule has 0 fully saturated rings. The van der Waals surface area contributed by atoms with Crippen LogP contribution in [-0.2, 0) is 20.5 Å². The second-order valence-corrected chi connectivity index (χ2v) is 7.61. The fraction of sp³-hybridized carbons (Fsp3) is 0.304. The Morgan fingerprint density at radius 1 is 1.16 bits per heavy atom. The zero-order chi connectivity index (χ0) is 22.3. The SMILES string of the molecule is COC(=O)C1=C(C)NC2=C(C(=O)C[C@@H](c3ccco3)C2)[C@@H]1c1ccccc1C(F)(F)F. The van der Waals surface area contributed by atoms with Gasteiger partial charge in [-0.05, 0) is 37.1 Å². The van der Waals surface area contributed by atoms with Gasteiger partial charge < -0.3 is 14.5 Å². The number of rotatable bonds is 3. The van der Waals surface area contributed by atoms with Gasteiger partial charge in [0.25, 0.3) is 0 Å². The van der Waals surface area contributed by atoms with Crippen LogP contribution in [0.1, 0.15) is 48.5 Å². The van der Waals surface area contributed by atoms with Crippen molar-refractivity contribution in [2.75, 3.05) is 7.11 Å². The summed E-state index contributed by atoms with van der Waals surface area (Å²) in [6, 6.07) is 8.52. The van der Waals surface area contributed by atoms with Crippen LogP contribution < -0.4 is 5.32 Å². The molecule has 0 saturated carbocycles. The maximum Gasteiger partial charge on any atom is 0.416 e. The molecule has 2 heterocycles. The van der Waals surface area contributed by atoms with Crippen LogP contribution in [-0.4, -0.2) is 18.9 Å². The summed E-state index contributed by atoms with van der Waals surface area (Å²) in [6.07, 6.45) is -2.68. The number of hydrogen-bond acceptors (Lipinski definition) is 5. The number of furan rings is 1. The number of dihydropyridines is 1. The average Bonchev–Trinajstić information content (AvgIpc) is 3.26. The fourth-order valence-electron chi connectivity index (χ4n) is 4.46. The molecule has 1 aliphatic heterocycles. The van der Waals surface area contributed by atoms with Crippen molar-refractivity contribution in [1.29, 1.82) is 0 Å². The molecule has 0 saturated heterocycles. The van der Waals surface area contributed by atoms with Crippen LogP contribution in [0, 0.1) is 0 Å². The number of halogens is 3. The van der Waals surface area contributed by atoms with E-state index in [1.54, 1.807) is 19.1 Å². The number of benzene rings is 1. The molecule has 0 unspecified atom stereocenters. The molecule has 2 aliphatic rings. The summed E-state index contributed by atoms with van der Waals surface area (Å²) in [6.45, 7) is 1.60. The minimum Gasteiger partial charge on any atom is -0.469 e. The zero-order valence-electron chi connectivity index (χ0n) is 16.9. The Morgan fingerprint density at radius 2 is 1.90 bits per heavy atom. The van der Waals surface area contributed by atoms with Crippen LogP contribution in [0.2, 0.25) is 0 Å². The first-order valence-corrected chi connectivity index (χ1v) is 9.74. The molecule has 0 radical (unpaired) electrons. The van der Waals surface area contributed by atoms with Crippen LogP contribution in [0.15, 0.2) is 69.6 Å². The van der Waals surface area contributed by atoms with Gasteiger partial charge in [0.15, 0.2) is 5.78 Å². The number of alkyl halides is 3. The van der Waals surface area contributed by atoms with E-state index in [0.717, 1.165) is 13.2 Å². The van der Waals surface area contributed by atoms with Gasteiger partial charge in [0.2, 0.25) is 0 Å². The van der Waals surface area contributed by atoms with Gasteiger partial charge in [0.05, 0.1) is 24.5 Å². The van der Waals surface area contributed by atoms with Crippen LogP contribution >= 0.6 is 0 Å². The lowest BCUT2D eigenvalue weighted by Crippen LogP contribution is -2.36. The number of nitrogens with one attached hydrogen (secondary N) is 1. The maximum atomic E-state index is 13.8. The molecule has 31 heavy (non-hydrogen) atoms. The van der Waals surface area contributed by atoms with Gasteiger partial charge in [-0.2, -0.15) is 13.2 Å². The van der Waals surface area contributed by atoms with E-state index in [1.165, 1.54) is 24.5 Å². The molecule has 2 atom stereocenters. The molecule has 8 heteroatoms. The first-order chi connectivity index (χ1) is 14.7. The number of esters is 1. The van der Waals surface area contributed by atoms with E-state index >= 15 is 0 Å². The molecule has 2 aromatic rings. The standard InChI is InChI=1S/C23H20F3NO4/c1-12-19(22(29)30-2)20(14-6-3-4-7-15(14)23(24,25)26)21-16(27-12)10-13(11-17(21)28)18-8-5-9-31-18/h3-9,13,20,27H,10-11H2,1-2H3/t13-,20+/m0/s1. The van der Waals surface area contributed by atoms with E-state index < -0.39 is 23.6 Å². The first kappa shape index (κ1) is 21.0. The van der Waals surface area contributed by atoms with Crippen molar-refractivity contribution in [3.63, 3.8) is 0 Å². The number of carbonyl (C=O) groups excluding carboxylic acids is 2. The molecule has 1 aromatic carbocycles.